The van der Waals surface area contributed by atoms with Gasteiger partial charge in [0, 0.05) is 29.6 Å². The second-order valence-electron chi connectivity index (χ2n) is 8.44. The third kappa shape index (κ3) is 6.42. The molecule has 0 saturated heterocycles. The zero-order valence-corrected chi connectivity index (χ0v) is 22.9. The van der Waals surface area contributed by atoms with E-state index in [0.717, 1.165) is 29.3 Å². The molecule has 0 bridgehead atoms. The average Bonchev–Trinajstić information content (AvgIpc) is 3.31. The first-order valence-corrected chi connectivity index (χ1v) is 14.2. The maximum Gasteiger partial charge on any atom is 0.289 e. The van der Waals surface area contributed by atoms with E-state index >= 15 is 0 Å². The van der Waals surface area contributed by atoms with E-state index in [4.69, 9.17) is 11.6 Å². The van der Waals surface area contributed by atoms with Gasteiger partial charge in [-0.3, -0.25) is 24.8 Å². The molecule has 0 aliphatic carbocycles. The van der Waals surface area contributed by atoms with Gasteiger partial charge in [-0.25, -0.2) is 13.1 Å². The fourth-order valence-corrected chi connectivity index (χ4v) is 6.03. The fraction of sp³-hybridized carbons (Fsp3) is 0.167. The van der Waals surface area contributed by atoms with Gasteiger partial charge in [0.25, 0.3) is 11.4 Å². The van der Waals surface area contributed by atoms with E-state index in [1.807, 2.05) is 31.2 Å². The van der Waals surface area contributed by atoms with Crippen molar-refractivity contribution in [1.29, 1.82) is 0 Å². The number of hydrogen-bond donors (Lipinski definition) is 1. The minimum atomic E-state index is -4.24. The lowest BCUT2D eigenvalue weighted by molar-refractivity contribution is -0.385. The van der Waals surface area contributed by atoms with E-state index in [1.165, 1.54) is 36.0 Å². The summed E-state index contributed by atoms with van der Waals surface area (Å²) in [6, 6.07) is 15.8. The van der Waals surface area contributed by atoms with Gasteiger partial charge in [-0.05, 0) is 43.7 Å². The van der Waals surface area contributed by atoms with Gasteiger partial charge in [0.05, 0.1) is 20.8 Å². The molecule has 0 fully saturated rings. The first-order chi connectivity index (χ1) is 18.5. The summed E-state index contributed by atoms with van der Waals surface area (Å²) in [7, 11) is -4.24. The zero-order chi connectivity index (χ0) is 28.3. The fourth-order valence-electron chi connectivity index (χ4n) is 3.72. The number of halogens is 1. The van der Waals surface area contributed by atoms with Crippen LogP contribution in [0, 0.1) is 27.2 Å². The molecular weight excluding hydrogens is 568 g/mol. The normalized spacial score (nSPS) is 12.3. The van der Waals surface area contributed by atoms with Crippen molar-refractivity contribution in [2.24, 2.45) is 0 Å². The van der Waals surface area contributed by atoms with E-state index in [1.54, 1.807) is 11.5 Å². The van der Waals surface area contributed by atoms with Crippen LogP contribution >= 0.6 is 23.4 Å². The molecule has 12 nitrogen and oxygen atoms in total. The van der Waals surface area contributed by atoms with Crippen molar-refractivity contribution in [3.05, 3.63) is 109 Å². The summed E-state index contributed by atoms with van der Waals surface area (Å²) in [6.07, 6.45) is 0. The Morgan fingerprint density at radius 2 is 1.74 bits per heavy atom. The molecule has 1 unspecified atom stereocenters. The Morgan fingerprint density at radius 3 is 2.38 bits per heavy atom. The molecule has 0 saturated carbocycles. The number of nitrogens with zero attached hydrogens (tertiary/aromatic N) is 5. The first kappa shape index (κ1) is 28.2. The predicted octanol–water partition coefficient (Wildman–Crippen LogP) is 5.38. The predicted molar refractivity (Wildman–Crippen MR) is 146 cm³/mol. The van der Waals surface area contributed by atoms with Crippen molar-refractivity contribution in [1.82, 2.24) is 19.5 Å². The Bertz CT molecular complexity index is 1660. The van der Waals surface area contributed by atoms with Crippen LogP contribution in [0.1, 0.15) is 29.9 Å². The van der Waals surface area contributed by atoms with Crippen molar-refractivity contribution < 1.29 is 18.3 Å². The lowest BCUT2D eigenvalue weighted by Crippen LogP contribution is -2.29. The maximum atomic E-state index is 13.1. The van der Waals surface area contributed by atoms with Crippen LogP contribution in [-0.2, 0) is 15.8 Å². The number of non-ortho nitro benzene ring substituents is 1. The minimum Gasteiger partial charge on any atom is -0.273 e. The van der Waals surface area contributed by atoms with Crippen molar-refractivity contribution in [2.75, 3.05) is 0 Å². The highest BCUT2D eigenvalue weighted by atomic mass is 35.5. The number of rotatable bonds is 10. The molecule has 3 aromatic carbocycles. The molecule has 0 radical (unpaired) electrons. The van der Waals surface area contributed by atoms with Gasteiger partial charge in [-0.15, -0.1) is 10.2 Å². The summed E-state index contributed by atoms with van der Waals surface area (Å²) in [5.74, 6) is 0.754. The number of aryl methyl sites for hydroxylation is 1. The highest BCUT2D eigenvalue weighted by Crippen LogP contribution is 2.31. The van der Waals surface area contributed by atoms with Crippen LogP contribution in [-0.4, -0.2) is 33.0 Å². The van der Waals surface area contributed by atoms with Crippen LogP contribution in [0.3, 0.4) is 0 Å². The van der Waals surface area contributed by atoms with E-state index in [-0.39, 0.29) is 21.4 Å². The average molecular weight is 589 g/mol. The van der Waals surface area contributed by atoms with Crippen LogP contribution < -0.4 is 4.72 Å². The lowest BCUT2D eigenvalue weighted by atomic mass is 10.2. The van der Waals surface area contributed by atoms with Gasteiger partial charge in [0.2, 0.25) is 10.0 Å². The molecule has 39 heavy (non-hydrogen) atoms. The number of nitrogens with one attached hydrogen (secondary N) is 1. The van der Waals surface area contributed by atoms with Crippen LogP contribution in [0.5, 0.6) is 0 Å². The van der Waals surface area contributed by atoms with Crippen LogP contribution in [0.2, 0.25) is 5.02 Å². The quantitative estimate of drug-likeness (QED) is 0.145. The van der Waals surface area contributed by atoms with E-state index in [9.17, 15) is 28.6 Å². The Morgan fingerprint density at radius 1 is 1.03 bits per heavy atom. The number of thioether (sulfide) groups is 1. The monoisotopic (exact) mass is 588 g/mol. The number of hydrogen-bond acceptors (Lipinski definition) is 9. The highest BCUT2D eigenvalue weighted by molar-refractivity contribution is 7.98. The van der Waals surface area contributed by atoms with Gasteiger partial charge in [0.1, 0.15) is 5.02 Å². The van der Waals surface area contributed by atoms with Gasteiger partial charge in [-0.1, -0.05) is 53.2 Å². The topological polar surface area (TPSA) is 163 Å². The molecular formula is C24H21ClN6O6S2. The van der Waals surface area contributed by atoms with Crippen molar-refractivity contribution in [2.45, 2.75) is 35.7 Å². The van der Waals surface area contributed by atoms with E-state index < -0.39 is 31.6 Å². The van der Waals surface area contributed by atoms with Crippen LogP contribution in [0.15, 0.2) is 76.8 Å². The first-order valence-electron chi connectivity index (χ1n) is 11.3. The molecule has 0 spiro atoms. The molecule has 0 aliphatic rings. The van der Waals surface area contributed by atoms with E-state index in [2.05, 4.69) is 14.9 Å². The Hall–Kier alpha value is -3.85. The molecule has 4 rings (SSSR count). The summed E-state index contributed by atoms with van der Waals surface area (Å²) in [5.41, 5.74) is 1.96. The molecule has 15 heteroatoms. The zero-order valence-electron chi connectivity index (χ0n) is 20.5. The second kappa shape index (κ2) is 11.5. The molecule has 1 N–H and O–H groups in total. The third-order valence-corrected chi connectivity index (χ3v) is 8.43. The number of nitro groups is 2. The lowest BCUT2D eigenvalue weighted by Gasteiger charge is -2.16. The van der Waals surface area contributed by atoms with Gasteiger partial charge >= 0.3 is 0 Å². The van der Waals surface area contributed by atoms with Crippen molar-refractivity contribution in [3.8, 4) is 5.69 Å². The van der Waals surface area contributed by atoms with Gasteiger partial charge in [0.15, 0.2) is 11.0 Å². The second-order valence-corrected chi connectivity index (χ2v) is 11.5. The van der Waals surface area contributed by atoms with Crippen molar-refractivity contribution in [3.63, 3.8) is 0 Å². The molecule has 4 aromatic rings. The molecule has 1 atom stereocenters. The van der Waals surface area contributed by atoms with Crippen molar-refractivity contribution >= 4 is 44.8 Å². The Kier molecular flexibility index (Phi) is 8.30. The smallest absolute Gasteiger partial charge is 0.273 e. The largest absolute Gasteiger partial charge is 0.289 e. The SMILES string of the molecule is Cc1cccc(CSc2nnc(C(C)NS(=O)(=O)c3ccc(Cl)c([N+](=O)[O-])c3)n2-c2ccc([N+](=O)[O-])cc2)c1. The number of nitro benzene ring substituents is 2. The Labute approximate surface area is 232 Å². The Balaban J connectivity index is 1.69. The molecule has 1 aromatic heterocycles. The third-order valence-electron chi connectivity index (χ3n) is 5.57. The number of sulfonamides is 1. The van der Waals surface area contributed by atoms with Crippen LogP contribution in [0.25, 0.3) is 5.69 Å². The van der Waals surface area contributed by atoms with Crippen LogP contribution in [0.4, 0.5) is 11.4 Å². The summed E-state index contributed by atoms with van der Waals surface area (Å²) in [6.45, 7) is 3.53. The van der Waals surface area contributed by atoms with Gasteiger partial charge in [-0.2, -0.15) is 0 Å². The summed E-state index contributed by atoms with van der Waals surface area (Å²) in [4.78, 5) is 20.7. The maximum absolute atomic E-state index is 13.1. The summed E-state index contributed by atoms with van der Waals surface area (Å²) in [5, 5.41) is 31.1. The number of benzene rings is 3. The summed E-state index contributed by atoms with van der Waals surface area (Å²) < 4.78 is 30.3. The summed E-state index contributed by atoms with van der Waals surface area (Å²) >= 11 is 7.19. The minimum absolute atomic E-state index is 0.111. The highest BCUT2D eigenvalue weighted by Gasteiger charge is 2.27. The molecule has 202 valence electrons. The molecule has 0 aliphatic heterocycles. The standard InChI is InChI=1S/C24H21ClN6O6S2/c1-15-4-3-5-17(12-15)14-38-24-27-26-23(29(24)18-6-8-19(9-7-18)30(32)33)16(2)28-39(36,37)20-10-11-21(25)22(13-20)31(34)35/h3-13,16,28H,14H2,1-2H3. The molecule has 0 amide bonds. The molecule has 1 heterocycles. The van der Waals surface area contributed by atoms with Gasteiger partial charge < -0.3 is 0 Å². The van der Waals surface area contributed by atoms with E-state index in [0.29, 0.717) is 16.6 Å². The number of aromatic nitrogens is 3.